The van der Waals surface area contributed by atoms with E-state index in [9.17, 15) is 53.4 Å². The molecular formula is C56H87N13O11. The number of fused-ring (bicyclic) bond motifs is 1. The van der Waals surface area contributed by atoms with E-state index in [-0.39, 0.29) is 83.5 Å². The van der Waals surface area contributed by atoms with E-state index in [0.29, 0.717) is 24.0 Å². The molecule has 80 heavy (non-hydrogen) atoms. The van der Waals surface area contributed by atoms with Crippen LogP contribution < -0.4 is 65.1 Å². The summed E-state index contributed by atoms with van der Waals surface area (Å²) in [6, 6.07) is 4.76. The van der Waals surface area contributed by atoms with Crippen LogP contribution >= 0.6 is 0 Å². The van der Waals surface area contributed by atoms with Crippen LogP contribution in [0.1, 0.15) is 116 Å². The number of H-pyrrole nitrogens is 1. The molecular weight excluding hydrogens is 1030 g/mol. The van der Waals surface area contributed by atoms with Crippen LogP contribution in [-0.4, -0.2) is 155 Å². The lowest BCUT2D eigenvalue weighted by atomic mass is 10.00. The van der Waals surface area contributed by atoms with E-state index in [4.69, 9.17) is 17.2 Å². The topological polar surface area (TPSA) is 396 Å². The molecule has 1 aliphatic rings. The van der Waals surface area contributed by atoms with Crippen LogP contribution in [0, 0.1) is 5.92 Å². The fraction of sp³-hybridized carbons (Fsp3) is 0.589. The summed E-state index contributed by atoms with van der Waals surface area (Å²) in [7, 11) is 0. The third-order valence-electron chi connectivity index (χ3n) is 13.8. The van der Waals surface area contributed by atoms with Gasteiger partial charge in [0.05, 0.1) is 18.6 Å². The van der Waals surface area contributed by atoms with Crippen LogP contribution in [0.5, 0.6) is 0 Å². The van der Waals surface area contributed by atoms with Crippen molar-refractivity contribution in [1.29, 1.82) is 0 Å². The SMILES string of the molecule is CCCCCCC[C@@H](O)CC(=O)N[C@H](Cc1c[nH]c2ccccc12)C(=O)N[C@H]1CCNC(=O)[C@H]([C@@H](C)O)NC(=O)[C@H](CCN)NC(=O)[C@H](CCN)NC(=O)[C@H](CC(C)C)NC(=O)[C@@H](Cc2ccccc2)NC(=O)[C@H](CCN)NC1=O. The number of nitrogens with two attached hydrogens (primary N) is 3. The Kier molecular flexibility index (Phi) is 28.0. The quantitative estimate of drug-likeness (QED) is 0.0476. The van der Waals surface area contributed by atoms with Crippen molar-refractivity contribution in [3.05, 3.63) is 71.9 Å². The van der Waals surface area contributed by atoms with E-state index in [2.05, 4.69) is 59.8 Å². The first-order valence-corrected chi connectivity index (χ1v) is 28.0. The number of carbonyl (C=O) groups excluding carboxylic acids is 9. The number of aromatic amines is 1. The third-order valence-corrected chi connectivity index (χ3v) is 13.8. The molecule has 1 saturated heterocycles. The number of para-hydroxylation sites is 1. The van der Waals surface area contributed by atoms with Crippen molar-refractivity contribution in [1.82, 2.24) is 52.8 Å². The van der Waals surface area contributed by atoms with Gasteiger partial charge in [0.2, 0.25) is 53.2 Å². The highest BCUT2D eigenvalue weighted by Crippen LogP contribution is 2.20. The molecule has 0 radical (unpaired) electrons. The molecule has 1 fully saturated rings. The minimum atomic E-state index is -1.63. The summed E-state index contributed by atoms with van der Waals surface area (Å²) >= 11 is 0. The van der Waals surface area contributed by atoms with Crippen molar-refractivity contribution in [2.75, 3.05) is 26.2 Å². The van der Waals surface area contributed by atoms with E-state index in [0.717, 1.165) is 36.6 Å². The second-order valence-corrected chi connectivity index (χ2v) is 21.0. The molecule has 0 saturated carbocycles. The first kappa shape index (κ1) is 65.5. The molecule has 4 rings (SSSR count). The molecule has 24 heteroatoms. The molecule has 0 spiro atoms. The zero-order valence-corrected chi connectivity index (χ0v) is 46.7. The van der Waals surface area contributed by atoms with Crippen molar-refractivity contribution >= 4 is 64.1 Å². The summed E-state index contributed by atoms with van der Waals surface area (Å²) in [5.41, 5.74) is 19.8. The Balaban J connectivity index is 1.77. The van der Waals surface area contributed by atoms with Crippen LogP contribution in [0.2, 0.25) is 0 Å². The summed E-state index contributed by atoms with van der Waals surface area (Å²) in [5.74, 6) is -7.64. The second kappa shape index (κ2) is 34.2. The number of aliphatic hydroxyl groups is 2. The number of hydrogen-bond donors (Lipinski definition) is 15. The van der Waals surface area contributed by atoms with Crippen molar-refractivity contribution in [3.8, 4) is 0 Å². The standard InChI is InChI=1S/C56H87N13O11/c1-5-6-7-8-12-17-37(71)31-47(72)62-46(30-36-32-61-39-19-14-13-18-38(36)39)55(79)66-43-23-27-60-56(80)48(34(4)70)69-52(76)42(22-26-59)64-49(73)40(20-24-57)65-53(77)44(28-33(2)3)67-54(78)45(29-35-15-10-9-11-16-35)68-50(74)41(21-25-58)63-51(43)75/h9-11,13-16,18-19,32-34,37,40-46,48,61,70-71H,5-8,12,17,20-31,57-59H2,1-4H3,(H,60,80)(H,62,72)(H,63,75)(H,64,73)(H,65,77)(H,66,79)(H,67,78)(H,68,74)(H,69,76)/t34-,37-,40+,41+,42+,43+,44+,45-,46-,48+/m1/s1. The summed E-state index contributed by atoms with van der Waals surface area (Å²) in [6.07, 6.45) is 3.09. The number of amides is 9. The molecule has 9 amide bonds. The summed E-state index contributed by atoms with van der Waals surface area (Å²) in [5, 5.41) is 46.3. The van der Waals surface area contributed by atoms with E-state index < -0.39 is 114 Å². The highest BCUT2D eigenvalue weighted by Gasteiger charge is 2.36. The van der Waals surface area contributed by atoms with Gasteiger partial charge >= 0.3 is 0 Å². The molecule has 10 atom stereocenters. The van der Waals surface area contributed by atoms with Gasteiger partial charge in [-0.1, -0.05) is 101 Å². The van der Waals surface area contributed by atoms with Crippen LogP contribution in [0.15, 0.2) is 60.8 Å². The number of carbonyl (C=O) groups is 9. The number of aromatic nitrogens is 1. The average molecular weight is 1120 g/mol. The van der Waals surface area contributed by atoms with Crippen LogP contribution in [-0.2, 0) is 56.0 Å². The van der Waals surface area contributed by atoms with E-state index >= 15 is 0 Å². The molecule has 1 aromatic heterocycles. The smallest absolute Gasteiger partial charge is 0.245 e. The van der Waals surface area contributed by atoms with Crippen molar-refractivity contribution in [3.63, 3.8) is 0 Å². The highest BCUT2D eigenvalue weighted by molar-refractivity contribution is 5.98. The Morgan fingerprint density at radius 2 is 1.19 bits per heavy atom. The third kappa shape index (κ3) is 21.6. The van der Waals surface area contributed by atoms with Gasteiger partial charge in [0, 0.05) is 36.5 Å². The number of benzene rings is 2. The van der Waals surface area contributed by atoms with E-state index in [1.165, 1.54) is 6.92 Å². The van der Waals surface area contributed by atoms with E-state index in [1.807, 2.05) is 38.1 Å². The minimum absolute atomic E-state index is 0.0718. The number of rotatable bonds is 24. The largest absolute Gasteiger partial charge is 0.393 e. The zero-order valence-electron chi connectivity index (χ0n) is 46.7. The number of hydrogen-bond acceptors (Lipinski definition) is 14. The van der Waals surface area contributed by atoms with Gasteiger partial charge in [-0.25, -0.2) is 0 Å². The maximum atomic E-state index is 14.7. The molecule has 24 nitrogen and oxygen atoms in total. The Morgan fingerprint density at radius 3 is 1.79 bits per heavy atom. The van der Waals surface area contributed by atoms with Gasteiger partial charge in [0.25, 0.3) is 0 Å². The van der Waals surface area contributed by atoms with Crippen LogP contribution in [0.3, 0.4) is 0 Å². The number of aliphatic hydroxyl groups excluding tert-OH is 2. The average Bonchev–Trinajstić information content (AvgIpc) is 3.83. The Hall–Kier alpha value is -6.99. The summed E-state index contributed by atoms with van der Waals surface area (Å²) in [6.45, 7) is 6.24. The molecule has 1 aliphatic heterocycles. The maximum absolute atomic E-state index is 14.7. The Bertz CT molecular complexity index is 2490. The molecule has 0 unspecified atom stereocenters. The fourth-order valence-electron chi connectivity index (χ4n) is 9.36. The lowest BCUT2D eigenvalue weighted by molar-refractivity contribution is -0.136. The van der Waals surface area contributed by atoms with E-state index in [1.54, 1.807) is 36.5 Å². The first-order chi connectivity index (χ1) is 38.3. The van der Waals surface area contributed by atoms with Gasteiger partial charge in [0.15, 0.2) is 0 Å². The van der Waals surface area contributed by atoms with Crippen molar-refractivity contribution in [2.45, 2.75) is 178 Å². The lowest BCUT2D eigenvalue weighted by Gasteiger charge is -2.28. The Labute approximate surface area is 468 Å². The van der Waals surface area contributed by atoms with Crippen LogP contribution in [0.4, 0.5) is 0 Å². The molecule has 2 aromatic carbocycles. The predicted octanol–water partition coefficient (Wildman–Crippen LogP) is -1.06. The minimum Gasteiger partial charge on any atom is -0.393 e. The number of unbranched alkanes of at least 4 members (excludes halogenated alkanes) is 4. The van der Waals surface area contributed by atoms with Gasteiger partial charge in [-0.3, -0.25) is 43.2 Å². The monoisotopic (exact) mass is 1120 g/mol. The lowest BCUT2D eigenvalue weighted by Crippen LogP contribution is -2.61. The maximum Gasteiger partial charge on any atom is 0.245 e. The highest BCUT2D eigenvalue weighted by atomic mass is 16.3. The van der Waals surface area contributed by atoms with Crippen molar-refractivity contribution in [2.24, 2.45) is 23.1 Å². The van der Waals surface area contributed by atoms with Crippen molar-refractivity contribution < 1.29 is 53.4 Å². The molecule has 2 heterocycles. The van der Waals surface area contributed by atoms with Gasteiger partial charge in [0.1, 0.15) is 48.3 Å². The summed E-state index contributed by atoms with van der Waals surface area (Å²) in [4.78, 5) is 131. The van der Waals surface area contributed by atoms with Crippen LogP contribution in [0.25, 0.3) is 10.9 Å². The Morgan fingerprint density at radius 1 is 0.650 bits per heavy atom. The zero-order chi connectivity index (χ0) is 58.7. The molecule has 0 aliphatic carbocycles. The number of nitrogens with one attached hydrogen (secondary N) is 10. The van der Waals surface area contributed by atoms with Gasteiger partial charge in [-0.05, 0) is 88.2 Å². The predicted molar refractivity (Wildman–Crippen MR) is 301 cm³/mol. The normalized spacial score (nSPS) is 22.6. The summed E-state index contributed by atoms with van der Waals surface area (Å²) < 4.78 is 0. The van der Waals surface area contributed by atoms with Gasteiger partial charge in [-0.15, -0.1) is 0 Å². The molecule has 442 valence electrons. The fourth-order valence-corrected chi connectivity index (χ4v) is 9.36. The first-order valence-electron chi connectivity index (χ1n) is 28.0. The molecule has 0 bridgehead atoms. The molecule has 3 aromatic rings. The van der Waals surface area contributed by atoms with Gasteiger partial charge < -0.3 is 80.2 Å². The van der Waals surface area contributed by atoms with Gasteiger partial charge in [-0.2, -0.15) is 0 Å². The second-order valence-electron chi connectivity index (χ2n) is 21.0. The molecule has 18 N–H and O–H groups in total.